The SMILES string of the molecule is CCNC(CSC)c1ccccc1OC(C)C. The molecule has 1 aromatic carbocycles. The Hall–Kier alpha value is -0.670. The number of hydrogen-bond acceptors (Lipinski definition) is 3. The Bertz CT molecular complexity index is 322. The molecule has 3 heteroatoms. The van der Waals surface area contributed by atoms with Crippen molar-refractivity contribution in [1.82, 2.24) is 5.32 Å². The summed E-state index contributed by atoms with van der Waals surface area (Å²) in [4.78, 5) is 0. The molecule has 1 aromatic rings. The second-order valence-corrected chi connectivity index (χ2v) is 5.18. The molecule has 0 saturated carbocycles. The molecular weight excluding hydrogens is 230 g/mol. The zero-order valence-corrected chi connectivity index (χ0v) is 12.0. The molecular formula is C14H23NOS. The lowest BCUT2D eigenvalue weighted by atomic mass is 10.1. The van der Waals surface area contributed by atoms with Crippen molar-refractivity contribution in [2.45, 2.75) is 32.9 Å². The Labute approximate surface area is 109 Å². The van der Waals surface area contributed by atoms with E-state index in [0.717, 1.165) is 18.0 Å². The van der Waals surface area contributed by atoms with Gasteiger partial charge in [0.2, 0.25) is 0 Å². The van der Waals surface area contributed by atoms with Crippen molar-refractivity contribution in [3.63, 3.8) is 0 Å². The van der Waals surface area contributed by atoms with E-state index in [4.69, 9.17) is 4.74 Å². The average Bonchev–Trinajstić information content (AvgIpc) is 2.29. The van der Waals surface area contributed by atoms with Gasteiger partial charge in [-0.3, -0.25) is 0 Å². The van der Waals surface area contributed by atoms with Gasteiger partial charge in [-0.25, -0.2) is 0 Å². The van der Waals surface area contributed by atoms with Crippen molar-refractivity contribution in [3.05, 3.63) is 29.8 Å². The minimum Gasteiger partial charge on any atom is -0.491 e. The molecule has 0 aliphatic rings. The third-order valence-corrected chi connectivity index (χ3v) is 3.11. The zero-order valence-electron chi connectivity index (χ0n) is 11.2. The lowest BCUT2D eigenvalue weighted by molar-refractivity contribution is 0.238. The molecule has 1 atom stereocenters. The summed E-state index contributed by atoms with van der Waals surface area (Å²) in [6.07, 6.45) is 2.35. The lowest BCUT2D eigenvalue weighted by Crippen LogP contribution is -2.24. The van der Waals surface area contributed by atoms with E-state index in [1.165, 1.54) is 5.56 Å². The maximum absolute atomic E-state index is 5.87. The fourth-order valence-electron chi connectivity index (χ4n) is 1.80. The van der Waals surface area contributed by atoms with Crippen LogP contribution in [0.15, 0.2) is 24.3 Å². The highest BCUT2D eigenvalue weighted by molar-refractivity contribution is 7.98. The maximum Gasteiger partial charge on any atom is 0.124 e. The van der Waals surface area contributed by atoms with Gasteiger partial charge in [-0.1, -0.05) is 25.1 Å². The Morgan fingerprint density at radius 1 is 1.29 bits per heavy atom. The summed E-state index contributed by atoms with van der Waals surface area (Å²) in [5.41, 5.74) is 1.26. The summed E-state index contributed by atoms with van der Waals surface area (Å²) in [5.74, 6) is 2.06. The monoisotopic (exact) mass is 253 g/mol. The maximum atomic E-state index is 5.87. The minimum atomic E-state index is 0.215. The predicted octanol–water partition coefficient (Wildman–Crippen LogP) is 3.49. The first-order valence-corrected chi connectivity index (χ1v) is 7.56. The number of ether oxygens (including phenoxy) is 1. The van der Waals surface area contributed by atoms with Crippen molar-refractivity contribution in [2.24, 2.45) is 0 Å². The first kappa shape index (κ1) is 14.4. The van der Waals surface area contributed by atoms with E-state index in [9.17, 15) is 0 Å². The van der Waals surface area contributed by atoms with Gasteiger partial charge < -0.3 is 10.1 Å². The first-order valence-electron chi connectivity index (χ1n) is 6.17. The van der Waals surface area contributed by atoms with E-state index in [2.05, 4.69) is 50.5 Å². The average molecular weight is 253 g/mol. The Balaban J connectivity index is 2.91. The largest absolute Gasteiger partial charge is 0.491 e. The second-order valence-electron chi connectivity index (χ2n) is 4.27. The molecule has 0 aliphatic heterocycles. The normalized spacial score (nSPS) is 12.8. The van der Waals surface area contributed by atoms with Crippen LogP contribution in [0.1, 0.15) is 32.4 Å². The molecule has 1 unspecified atom stereocenters. The van der Waals surface area contributed by atoms with Crippen LogP contribution in [0.4, 0.5) is 0 Å². The van der Waals surface area contributed by atoms with Gasteiger partial charge in [0.25, 0.3) is 0 Å². The van der Waals surface area contributed by atoms with Gasteiger partial charge >= 0.3 is 0 Å². The molecule has 0 spiro atoms. The molecule has 1 N–H and O–H groups in total. The van der Waals surface area contributed by atoms with Crippen LogP contribution in [-0.2, 0) is 0 Å². The lowest BCUT2D eigenvalue weighted by Gasteiger charge is -2.21. The van der Waals surface area contributed by atoms with Crippen LogP contribution < -0.4 is 10.1 Å². The molecule has 96 valence electrons. The number of nitrogens with one attached hydrogen (secondary N) is 1. The highest BCUT2D eigenvalue weighted by atomic mass is 32.2. The van der Waals surface area contributed by atoms with Crippen LogP contribution in [0.3, 0.4) is 0 Å². The van der Waals surface area contributed by atoms with Crippen molar-refractivity contribution in [3.8, 4) is 5.75 Å². The van der Waals surface area contributed by atoms with Gasteiger partial charge in [0, 0.05) is 17.4 Å². The summed E-state index contributed by atoms with van der Waals surface area (Å²) in [5, 5.41) is 3.51. The van der Waals surface area contributed by atoms with Crippen molar-refractivity contribution >= 4 is 11.8 Å². The van der Waals surface area contributed by atoms with Gasteiger partial charge in [-0.15, -0.1) is 0 Å². The van der Waals surface area contributed by atoms with Gasteiger partial charge in [0.05, 0.1) is 6.10 Å². The second kappa shape index (κ2) is 7.62. The van der Waals surface area contributed by atoms with E-state index < -0.39 is 0 Å². The number of para-hydroxylation sites is 1. The number of benzene rings is 1. The molecule has 0 aromatic heterocycles. The van der Waals surface area contributed by atoms with E-state index >= 15 is 0 Å². The molecule has 17 heavy (non-hydrogen) atoms. The molecule has 1 rings (SSSR count). The summed E-state index contributed by atoms with van der Waals surface area (Å²) >= 11 is 1.85. The molecule has 0 bridgehead atoms. The first-order chi connectivity index (χ1) is 8.19. The van der Waals surface area contributed by atoms with Crippen LogP contribution in [0, 0.1) is 0 Å². The quantitative estimate of drug-likeness (QED) is 0.804. The molecule has 0 saturated heterocycles. The van der Waals surface area contributed by atoms with E-state index in [-0.39, 0.29) is 6.10 Å². The van der Waals surface area contributed by atoms with Gasteiger partial charge in [0.1, 0.15) is 5.75 Å². The standard InChI is InChI=1S/C14H23NOS/c1-5-15-13(10-17-4)12-8-6-7-9-14(12)16-11(2)3/h6-9,11,13,15H,5,10H2,1-4H3. The zero-order chi connectivity index (χ0) is 12.7. The highest BCUT2D eigenvalue weighted by Crippen LogP contribution is 2.27. The molecule has 0 radical (unpaired) electrons. The third kappa shape index (κ3) is 4.60. The van der Waals surface area contributed by atoms with Crippen molar-refractivity contribution in [1.29, 1.82) is 0 Å². The van der Waals surface area contributed by atoms with Crippen LogP contribution in [0.25, 0.3) is 0 Å². The van der Waals surface area contributed by atoms with Crippen LogP contribution in [0.5, 0.6) is 5.75 Å². The predicted molar refractivity (Wildman–Crippen MR) is 77.0 cm³/mol. The number of hydrogen-bond donors (Lipinski definition) is 1. The van der Waals surface area contributed by atoms with Crippen molar-refractivity contribution < 1.29 is 4.74 Å². The minimum absolute atomic E-state index is 0.215. The summed E-state index contributed by atoms with van der Waals surface area (Å²) in [6.45, 7) is 7.24. The summed E-state index contributed by atoms with van der Waals surface area (Å²) in [7, 11) is 0. The van der Waals surface area contributed by atoms with Crippen molar-refractivity contribution in [2.75, 3.05) is 18.6 Å². The van der Waals surface area contributed by atoms with Crippen LogP contribution in [-0.4, -0.2) is 24.7 Å². The Kier molecular flexibility index (Phi) is 6.45. The van der Waals surface area contributed by atoms with Gasteiger partial charge in [-0.2, -0.15) is 11.8 Å². The number of rotatable bonds is 7. The Morgan fingerprint density at radius 3 is 2.59 bits per heavy atom. The fraction of sp³-hybridized carbons (Fsp3) is 0.571. The van der Waals surface area contributed by atoms with Crippen LogP contribution in [0.2, 0.25) is 0 Å². The summed E-state index contributed by atoms with van der Waals surface area (Å²) in [6, 6.07) is 8.68. The van der Waals surface area contributed by atoms with Crippen LogP contribution >= 0.6 is 11.8 Å². The van der Waals surface area contributed by atoms with E-state index in [0.29, 0.717) is 6.04 Å². The van der Waals surface area contributed by atoms with Gasteiger partial charge in [-0.05, 0) is 32.7 Å². The molecule has 2 nitrogen and oxygen atoms in total. The molecule has 0 aliphatic carbocycles. The Morgan fingerprint density at radius 2 is 2.00 bits per heavy atom. The van der Waals surface area contributed by atoms with Gasteiger partial charge in [0.15, 0.2) is 0 Å². The van der Waals surface area contributed by atoms with E-state index in [1.807, 2.05) is 17.8 Å². The highest BCUT2D eigenvalue weighted by Gasteiger charge is 2.14. The molecule has 0 heterocycles. The third-order valence-electron chi connectivity index (χ3n) is 2.44. The number of thioether (sulfide) groups is 1. The smallest absolute Gasteiger partial charge is 0.124 e. The topological polar surface area (TPSA) is 21.3 Å². The summed E-state index contributed by atoms with van der Waals surface area (Å²) < 4.78 is 5.87. The fourth-order valence-corrected chi connectivity index (χ4v) is 2.43. The molecule has 0 amide bonds. The van der Waals surface area contributed by atoms with E-state index in [1.54, 1.807) is 0 Å². The molecule has 0 fully saturated rings.